The van der Waals surface area contributed by atoms with Crippen molar-refractivity contribution in [1.29, 1.82) is 0 Å². The summed E-state index contributed by atoms with van der Waals surface area (Å²) in [6.45, 7) is 0. The van der Waals surface area contributed by atoms with Crippen LogP contribution in [0.3, 0.4) is 0 Å². The maximum Gasteiger partial charge on any atom is 0.231 e. The van der Waals surface area contributed by atoms with Crippen LogP contribution in [0.25, 0.3) is 12.2 Å². The van der Waals surface area contributed by atoms with E-state index >= 15 is 0 Å². The molecule has 0 spiro atoms. The van der Waals surface area contributed by atoms with Crippen LogP contribution in [0.5, 0.6) is 5.88 Å². The Labute approximate surface area is 88.4 Å². The predicted molar refractivity (Wildman–Crippen MR) is 60.5 cm³/mol. The van der Waals surface area contributed by atoms with Crippen molar-refractivity contribution in [1.82, 2.24) is 9.97 Å². The molecule has 0 aliphatic carbocycles. The van der Waals surface area contributed by atoms with Crippen molar-refractivity contribution in [2.24, 2.45) is 0 Å². The van der Waals surface area contributed by atoms with Gasteiger partial charge in [-0.15, -0.1) is 0 Å². The summed E-state index contributed by atoms with van der Waals surface area (Å²) in [5.41, 5.74) is 1.15. The Morgan fingerprint density at radius 1 is 1.20 bits per heavy atom. The third-order valence-electron chi connectivity index (χ3n) is 2.02. The zero-order valence-electron chi connectivity index (χ0n) is 8.47. The summed E-state index contributed by atoms with van der Waals surface area (Å²) in [5.74, 6) is 1.39. The second kappa shape index (κ2) is 4.46. The molecule has 0 bridgehead atoms. The van der Waals surface area contributed by atoms with Crippen LogP contribution in [0, 0.1) is 0 Å². The number of hydrogen-bond donors (Lipinski definition) is 1. The highest BCUT2D eigenvalue weighted by Crippen LogP contribution is 2.08. The smallest absolute Gasteiger partial charge is 0.231 e. The van der Waals surface area contributed by atoms with Gasteiger partial charge in [0.25, 0.3) is 0 Å². The summed E-state index contributed by atoms with van der Waals surface area (Å²) >= 11 is 0. The molecule has 0 amide bonds. The Hall–Kier alpha value is -2.03. The van der Waals surface area contributed by atoms with E-state index < -0.39 is 0 Å². The summed E-state index contributed by atoms with van der Waals surface area (Å²) in [6, 6.07) is 10.1. The molecule has 0 fully saturated rings. The number of nitrogens with one attached hydrogen (secondary N) is 1. The highest BCUT2D eigenvalue weighted by atomic mass is 16.5. The largest absolute Gasteiger partial charge is 0.480 e. The van der Waals surface area contributed by atoms with E-state index in [2.05, 4.69) is 9.97 Å². The molecule has 0 saturated carbocycles. The molecule has 15 heavy (non-hydrogen) atoms. The Bertz CT molecular complexity index is 446. The highest BCUT2D eigenvalue weighted by molar-refractivity contribution is 5.66. The fourth-order valence-corrected chi connectivity index (χ4v) is 1.25. The minimum atomic E-state index is 0.600. The molecule has 1 heterocycles. The van der Waals surface area contributed by atoms with Crippen LogP contribution in [0.1, 0.15) is 11.4 Å². The number of methoxy groups -OCH3 is 1. The molecule has 76 valence electrons. The first kappa shape index (κ1) is 9.52. The van der Waals surface area contributed by atoms with Gasteiger partial charge in [0.2, 0.25) is 5.88 Å². The molecule has 2 aromatic rings. The maximum atomic E-state index is 4.97. The minimum Gasteiger partial charge on any atom is -0.480 e. The highest BCUT2D eigenvalue weighted by Gasteiger charge is 1.95. The lowest BCUT2D eigenvalue weighted by molar-refractivity contribution is 0.400. The van der Waals surface area contributed by atoms with Crippen LogP contribution in [-0.4, -0.2) is 17.1 Å². The van der Waals surface area contributed by atoms with E-state index in [0.29, 0.717) is 5.88 Å². The van der Waals surface area contributed by atoms with Crippen LogP contribution in [0.15, 0.2) is 36.5 Å². The van der Waals surface area contributed by atoms with E-state index in [-0.39, 0.29) is 0 Å². The van der Waals surface area contributed by atoms with Crippen molar-refractivity contribution < 1.29 is 4.74 Å². The van der Waals surface area contributed by atoms with Gasteiger partial charge in [0.15, 0.2) is 0 Å². The average molecular weight is 200 g/mol. The van der Waals surface area contributed by atoms with Gasteiger partial charge in [-0.2, -0.15) is 4.98 Å². The maximum absolute atomic E-state index is 4.97. The third kappa shape index (κ3) is 2.47. The number of nitrogens with zero attached hydrogens (tertiary/aromatic N) is 1. The summed E-state index contributed by atoms with van der Waals surface area (Å²) in [4.78, 5) is 7.18. The zero-order valence-corrected chi connectivity index (χ0v) is 8.47. The van der Waals surface area contributed by atoms with Gasteiger partial charge in [0.1, 0.15) is 5.82 Å². The van der Waals surface area contributed by atoms with Crippen molar-refractivity contribution in [3.8, 4) is 5.88 Å². The number of rotatable bonds is 3. The Balaban J connectivity index is 2.11. The van der Waals surface area contributed by atoms with Gasteiger partial charge in [-0.1, -0.05) is 36.4 Å². The summed E-state index contributed by atoms with van der Waals surface area (Å²) < 4.78 is 4.97. The fourth-order valence-electron chi connectivity index (χ4n) is 1.25. The lowest BCUT2D eigenvalue weighted by Gasteiger charge is -1.90. The van der Waals surface area contributed by atoms with E-state index in [0.717, 1.165) is 11.4 Å². The quantitative estimate of drug-likeness (QED) is 0.826. The van der Waals surface area contributed by atoms with E-state index in [1.807, 2.05) is 42.5 Å². The molecule has 0 atom stereocenters. The van der Waals surface area contributed by atoms with Crippen molar-refractivity contribution in [3.05, 3.63) is 47.9 Å². The lowest BCUT2D eigenvalue weighted by Crippen LogP contribution is -1.81. The van der Waals surface area contributed by atoms with Gasteiger partial charge >= 0.3 is 0 Å². The molecule has 3 nitrogen and oxygen atoms in total. The molecule has 0 aliphatic rings. The standard InChI is InChI=1S/C12H12N2O/c1-15-12-9-13-11(14-12)8-7-10-5-3-2-4-6-10/h2-9H,1H3,(H,13,14). The van der Waals surface area contributed by atoms with Crippen molar-refractivity contribution in [2.75, 3.05) is 7.11 Å². The summed E-state index contributed by atoms with van der Waals surface area (Å²) in [5, 5.41) is 0. The molecular weight excluding hydrogens is 188 g/mol. The van der Waals surface area contributed by atoms with E-state index in [1.165, 1.54) is 0 Å². The molecule has 0 saturated heterocycles. The molecule has 3 heteroatoms. The van der Waals surface area contributed by atoms with Crippen LogP contribution in [0.2, 0.25) is 0 Å². The number of imidazole rings is 1. The van der Waals surface area contributed by atoms with E-state index in [1.54, 1.807) is 13.3 Å². The first-order chi connectivity index (χ1) is 7.38. The van der Waals surface area contributed by atoms with E-state index in [4.69, 9.17) is 4.74 Å². The van der Waals surface area contributed by atoms with Crippen LogP contribution >= 0.6 is 0 Å². The fraction of sp³-hybridized carbons (Fsp3) is 0.0833. The topological polar surface area (TPSA) is 37.9 Å². The number of benzene rings is 1. The second-order valence-electron chi connectivity index (χ2n) is 3.07. The molecule has 2 rings (SSSR count). The Morgan fingerprint density at radius 3 is 2.67 bits per heavy atom. The molecule has 0 unspecified atom stereocenters. The number of aromatic amines is 1. The molecule has 0 aliphatic heterocycles. The molecule has 1 aromatic heterocycles. The van der Waals surface area contributed by atoms with Crippen LogP contribution < -0.4 is 4.74 Å². The molecule has 0 radical (unpaired) electrons. The van der Waals surface area contributed by atoms with Crippen LogP contribution in [0.4, 0.5) is 0 Å². The lowest BCUT2D eigenvalue weighted by atomic mass is 10.2. The SMILES string of the molecule is COc1c[nH]c(C=Cc2ccccc2)n1. The monoisotopic (exact) mass is 200 g/mol. The number of aromatic nitrogens is 2. The normalized spacial score (nSPS) is 10.7. The first-order valence-electron chi connectivity index (χ1n) is 4.71. The van der Waals surface area contributed by atoms with Gasteiger partial charge in [-0.3, -0.25) is 0 Å². The zero-order chi connectivity index (χ0) is 10.5. The number of hydrogen-bond acceptors (Lipinski definition) is 2. The number of ether oxygens (including phenoxy) is 1. The van der Waals surface area contributed by atoms with Gasteiger partial charge < -0.3 is 9.72 Å². The van der Waals surface area contributed by atoms with Gasteiger partial charge in [-0.25, -0.2) is 0 Å². The minimum absolute atomic E-state index is 0.600. The van der Waals surface area contributed by atoms with Gasteiger partial charge in [0.05, 0.1) is 13.3 Å². The average Bonchev–Trinajstić information content (AvgIpc) is 2.76. The van der Waals surface area contributed by atoms with Gasteiger partial charge in [-0.05, 0) is 11.6 Å². The van der Waals surface area contributed by atoms with Crippen molar-refractivity contribution in [2.45, 2.75) is 0 Å². The Morgan fingerprint density at radius 2 is 2.00 bits per heavy atom. The predicted octanol–water partition coefficient (Wildman–Crippen LogP) is 2.59. The van der Waals surface area contributed by atoms with Crippen molar-refractivity contribution >= 4 is 12.2 Å². The van der Waals surface area contributed by atoms with Crippen molar-refractivity contribution in [3.63, 3.8) is 0 Å². The first-order valence-corrected chi connectivity index (χ1v) is 4.71. The Kier molecular flexibility index (Phi) is 2.83. The van der Waals surface area contributed by atoms with Crippen LogP contribution in [-0.2, 0) is 0 Å². The summed E-state index contributed by atoms with van der Waals surface area (Å²) in [7, 11) is 1.60. The molecular formula is C12H12N2O. The second-order valence-corrected chi connectivity index (χ2v) is 3.07. The summed E-state index contributed by atoms with van der Waals surface area (Å²) in [6.07, 6.45) is 5.64. The number of H-pyrrole nitrogens is 1. The van der Waals surface area contributed by atoms with Gasteiger partial charge in [0, 0.05) is 0 Å². The third-order valence-corrected chi connectivity index (χ3v) is 2.02. The molecule has 1 aromatic carbocycles. The molecule has 1 N–H and O–H groups in total. The van der Waals surface area contributed by atoms with E-state index in [9.17, 15) is 0 Å².